The Hall–Kier alpha value is -3.34. The molecule has 0 fully saturated rings. The number of carbonyl (C=O) groups is 1. The standard InChI is InChI=1S/C22H22N2O3/c1-15(2)27-20-11-9-16(14-21(20)26-3)10-12-22(25)24-19-8-4-7-18-17(19)6-5-13-23-18/h4-15H,1-3H3,(H,24,25)/b12-10+. The summed E-state index contributed by atoms with van der Waals surface area (Å²) < 4.78 is 11.1. The number of hydrogen-bond donors (Lipinski definition) is 1. The van der Waals surface area contributed by atoms with Crippen LogP contribution < -0.4 is 14.8 Å². The second-order valence-electron chi connectivity index (χ2n) is 6.28. The van der Waals surface area contributed by atoms with Crippen molar-refractivity contribution < 1.29 is 14.3 Å². The summed E-state index contributed by atoms with van der Waals surface area (Å²) in [6, 6.07) is 15.0. The smallest absolute Gasteiger partial charge is 0.248 e. The number of amides is 1. The van der Waals surface area contributed by atoms with Crippen molar-refractivity contribution >= 4 is 28.6 Å². The van der Waals surface area contributed by atoms with E-state index in [0.29, 0.717) is 11.5 Å². The zero-order valence-corrected chi connectivity index (χ0v) is 15.6. The zero-order chi connectivity index (χ0) is 19.2. The van der Waals surface area contributed by atoms with Gasteiger partial charge in [-0.15, -0.1) is 0 Å². The van der Waals surface area contributed by atoms with Crippen LogP contribution >= 0.6 is 0 Å². The Morgan fingerprint density at radius 1 is 1.11 bits per heavy atom. The number of benzene rings is 2. The molecule has 0 saturated carbocycles. The molecule has 3 rings (SSSR count). The molecular formula is C22H22N2O3. The summed E-state index contributed by atoms with van der Waals surface area (Å²) in [5.41, 5.74) is 2.41. The maximum atomic E-state index is 12.3. The summed E-state index contributed by atoms with van der Waals surface area (Å²) in [4.78, 5) is 16.6. The lowest BCUT2D eigenvalue weighted by molar-refractivity contribution is -0.111. The van der Waals surface area contributed by atoms with Gasteiger partial charge in [-0.2, -0.15) is 0 Å². The molecule has 2 aromatic carbocycles. The van der Waals surface area contributed by atoms with Crippen LogP contribution in [0.4, 0.5) is 5.69 Å². The number of aromatic nitrogens is 1. The zero-order valence-electron chi connectivity index (χ0n) is 15.6. The molecule has 27 heavy (non-hydrogen) atoms. The molecule has 0 radical (unpaired) electrons. The molecule has 0 unspecified atom stereocenters. The van der Waals surface area contributed by atoms with Gasteiger partial charge in [-0.25, -0.2) is 0 Å². The minimum atomic E-state index is -0.215. The first-order chi connectivity index (χ1) is 13.1. The third-order valence-corrected chi connectivity index (χ3v) is 3.88. The van der Waals surface area contributed by atoms with Gasteiger partial charge in [0.1, 0.15) is 0 Å². The van der Waals surface area contributed by atoms with Crippen LogP contribution in [0.5, 0.6) is 11.5 Å². The summed E-state index contributed by atoms with van der Waals surface area (Å²) >= 11 is 0. The van der Waals surface area contributed by atoms with E-state index in [9.17, 15) is 4.79 Å². The van der Waals surface area contributed by atoms with Gasteiger partial charge < -0.3 is 14.8 Å². The van der Waals surface area contributed by atoms with Gasteiger partial charge in [0, 0.05) is 17.7 Å². The fraction of sp³-hybridized carbons (Fsp3) is 0.182. The van der Waals surface area contributed by atoms with Crippen molar-refractivity contribution in [1.82, 2.24) is 4.98 Å². The van der Waals surface area contributed by atoms with Gasteiger partial charge in [0.2, 0.25) is 5.91 Å². The molecule has 0 aliphatic carbocycles. The Kier molecular flexibility index (Phi) is 5.71. The molecule has 5 nitrogen and oxygen atoms in total. The van der Waals surface area contributed by atoms with Crippen LogP contribution in [0.2, 0.25) is 0 Å². The maximum Gasteiger partial charge on any atom is 0.248 e. The lowest BCUT2D eigenvalue weighted by Crippen LogP contribution is -2.08. The summed E-state index contributed by atoms with van der Waals surface area (Å²) in [6.07, 6.45) is 5.02. The van der Waals surface area contributed by atoms with E-state index in [1.807, 2.05) is 62.4 Å². The van der Waals surface area contributed by atoms with Crippen molar-refractivity contribution in [2.45, 2.75) is 20.0 Å². The number of carbonyl (C=O) groups excluding carboxylic acids is 1. The van der Waals surface area contributed by atoms with Gasteiger partial charge in [0.05, 0.1) is 24.4 Å². The van der Waals surface area contributed by atoms with E-state index in [0.717, 1.165) is 22.2 Å². The average molecular weight is 362 g/mol. The Balaban J connectivity index is 1.74. The molecule has 138 valence electrons. The number of nitrogens with zero attached hydrogens (tertiary/aromatic N) is 1. The Morgan fingerprint density at radius 2 is 1.96 bits per heavy atom. The fourth-order valence-corrected chi connectivity index (χ4v) is 2.70. The molecule has 1 aromatic heterocycles. The number of pyridine rings is 1. The normalized spacial score (nSPS) is 11.1. The molecule has 3 aromatic rings. The number of anilines is 1. The van der Waals surface area contributed by atoms with Gasteiger partial charge in [0.15, 0.2) is 11.5 Å². The van der Waals surface area contributed by atoms with Crippen LogP contribution in [-0.2, 0) is 4.79 Å². The Morgan fingerprint density at radius 3 is 2.74 bits per heavy atom. The molecule has 0 bridgehead atoms. The molecule has 1 N–H and O–H groups in total. The van der Waals surface area contributed by atoms with E-state index >= 15 is 0 Å². The van der Waals surface area contributed by atoms with Gasteiger partial charge in [-0.1, -0.05) is 12.1 Å². The number of methoxy groups -OCH3 is 1. The quantitative estimate of drug-likeness (QED) is 0.647. The highest BCUT2D eigenvalue weighted by Gasteiger charge is 2.07. The van der Waals surface area contributed by atoms with Crippen LogP contribution in [-0.4, -0.2) is 24.1 Å². The number of nitrogens with one attached hydrogen (secondary N) is 1. The van der Waals surface area contributed by atoms with E-state index in [4.69, 9.17) is 9.47 Å². The number of hydrogen-bond acceptors (Lipinski definition) is 4. The van der Waals surface area contributed by atoms with Crippen LogP contribution in [0.1, 0.15) is 19.4 Å². The Bertz CT molecular complexity index is 975. The first-order valence-corrected chi connectivity index (χ1v) is 8.74. The molecule has 1 amide bonds. The SMILES string of the molecule is COc1cc(/C=C/C(=O)Nc2cccc3ncccc23)ccc1OC(C)C. The average Bonchev–Trinajstić information content (AvgIpc) is 2.67. The molecule has 0 spiro atoms. The monoisotopic (exact) mass is 362 g/mol. The molecule has 0 aliphatic heterocycles. The summed E-state index contributed by atoms with van der Waals surface area (Å²) in [7, 11) is 1.59. The summed E-state index contributed by atoms with van der Waals surface area (Å²) in [6.45, 7) is 3.92. The van der Waals surface area contributed by atoms with Gasteiger partial charge in [0.25, 0.3) is 0 Å². The molecule has 0 atom stereocenters. The van der Waals surface area contributed by atoms with Crippen molar-refractivity contribution in [3.05, 3.63) is 66.4 Å². The van der Waals surface area contributed by atoms with Crippen LogP contribution in [0, 0.1) is 0 Å². The van der Waals surface area contributed by atoms with Gasteiger partial charge in [-0.3, -0.25) is 9.78 Å². The lowest BCUT2D eigenvalue weighted by atomic mass is 10.1. The predicted molar refractivity (Wildman–Crippen MR) is 108 cm³/mol. The van der Waals surface area contributed by atoms with Crippen LogP contribution in [0.25, 0.3) is 17.0 Å². The first kappa shape index (κ1) is 18.5. The highest BCUT2D eigenvalue weighted by Crippen LogP contribution is 2.29. The molecule has 0 aliphatic rings. The molecule has 1 heterocycles. The van der Waals surface area contributed by atoms with E-state index in [1.54, 1.807) is 19.4 Å². The number of fused-ring (bicyclic) bond motifs is 1. The van der Waals surface area contributed by atoms with Gasteiger partial charge >= 0.3 is 0 Å². The molecule has 5 heteroatoms. The summed E-state index contributed by atoms with van der Waals surface area (Å²) in [5, 5.41) is 3.80. The number of rotatable bonds is 6. The number of ether oxygens (including phenoxy) is 2. The third kappa shape index (κ3) is 4.64. The van der Waals surface area contributed by atoms with Crippen molar-refractivity contribution in [3.63, 3.8) is 0 Å². The first-order valence-electron chi connectivity index (χ1n) is 8.74. The van der Waals surface area contributed by atoms with Crippen molar-refractivity contribution in [3.8, 4) is 11.5 Å². The topological polar surface area (TPSA) is 60.5 Å². The minimum absolute atomic E-state index is 0.0567. The molecule has 0 saturated heterocycles. The van der Waals surface area contributed by atoms with E-state index < -0.39 is 0 Å². The third-order valence-electron chi connectivity index (χ3n) is 3.88. The van der Waals surface area contributed by atoms with Crippen molar-refractivity contribution in [1.29, 1.82) is 0 Å². The maximum absolute atomic E-state index is 12.3. The largest absolute Gasteiger partial charge is 0.493 e. The minimum Gasteiger partial charge on any atom is -0.493 e. The van der Waals surface area contributed by atoms with E-state index in [1.165, 1.54) is 6.08 Å². The van der Waals surface area contributed by atoms with E-state index in [2.05, 4.69) is 10.3 Å². The second kappa shape index (κ2) is 8.36. The predicted octanol–water partition coefficient (Wildman–Crippen LogP) is 4.68. The van der Waals surface area contributed by atoms with Gasteiger partial charge in [-0.05, 0) is 61.9 Å². The van der Waals surface area contributed by atoms with Crippen LogP contribution in [0.3, 0.4) is 0 Å². The van der Waals surface area contributed by atoms with E-state index in [-0.39, 0.29) is 12.0 Å². The molecular weight excluding hydrogens is 340 g/mol. The fourth-order valence-electron chi connectivity index (χ4n) is 2.70. The second-order valence-corrected chi connectivity index (χ2v) is 6.28. The van der Waals surface area contributed by atoms with Crippen molar-refractivity contribution in [2.24, 2.45) is 0 Å². The van der Waals surface area contributed by atoms with Crippen LogP contribution in [0.15, 0.2) is 60.8 Å². The Labute approximate surface area is 158 Å². The lowest BCUT2D eigenvalue weighted by Gasteiger charge is -2.13. The van der Waals surface area contributed by atoms with Crippen molar-refractivity contribution in [2.75, 3.05) is 12.4 Å². The highest BCUT2D eigenvalue weighted by molar-refractivity contribution is 6.06. The summed E-state index contributed by atoms with van der Waals surface area (Å²) in [5.74, 6) is 1.09. The highest BCUT2D eigenvalue weighted by atomic mass is 16.5.